The van der Waals surface area contributed by atoms with Gasteiger partial charge in [-0.05, 0) is 67.9 Å². The molecule has 200 valence electrons. The van der Waals surface area contributed by atoms with Gasteiger partial charge in [0.05, 0.1) is 5.52 Å². The third-order valence-corrected chi connectivity index (χ3v) is 8.10. The molecular weight excluding hydrogens is 527 g/mol. The van der Waals surface area contributed by atoms with Gasteiger partial charge in [-0.3, -0.25) is 0 Å². The minimum Gasteiger partial charge on any atom is -0.404 e. The Hall–Kier alpha value is -2.77. The highest BCUT2D eigenvalue weighted by atomic mass is 32.2. The van der Waals surface area contributed by atoms with Gasteiger partial charge >= 0.3 is 6.36 Å². The van der Waals surface area contributed by atoms with Crippen LogP contribution in [-0.2, 0) is 10.0 Å². The molecule has 0 aliphatic heterocycles. The van der Waals surface area contributed by atoms with E-state index in [1.165, 1.54) is 6.07 Å². The van der Waals surface area contributed by atoms with E-state index in [4.69, 9.17) is 0 Å². The van der Waals surface area contributed by atoms with E-state index in [1.807, 2.05) is 31.3 Å². The van der Waals surface area contributed by atoms with E-state index < -0.39 is 27.0 Å². The molecule has 0 saturated heterocycles. The van der Waals surface area contributed by atoms with Crippen molar-refractivity contribution < 1.29 is 26.3 Å². The van der Waals surface area contributed by atoms with E-state index in [9.17, 15) is 21.6 Å². The summed E-state index contributed by atoms with van der Waals surface area (Å²) < 4.78 is 70.1. The van der Waals surface area contributed by atoms with Gasteiger partial charge in [0.25, 0.3) is 0 Å². The molecule has 0 atom stereocenters. The average molecular weight is 556 g/mol. The maximum Gasteiger partial charge on any atom is 0.573 e. The van der Waals surface area contributed by atoms with Gasteiger partial charge in [-0.1, -0.05) is 12.1 Å². The number of thiol groups is 1. The maximum atomic E-state index is 12.8. The Balaban J connectivity index is 1.30. The van der Waals surface area contributed by atoms with Crippen molar-refractivity contribution in [2.24, 2.45) is 11.8 Å². The van der Waals surface area contributed by atoms with Crippen molar-refractivity contribution >= 4 is 45.3 Å². The number of fused-ring (bicyclic) bond motifs is 1. The fraction of sp³-hybridized carbons (Fsp3) is 0.417. The molecule has 37 heavy (non-hydrogen) atoms. The van der Waals surface area contributed by atoms with E-state index in [0.717, 1.165) is 54.5 Å². The van der Waals surface area contributed by atoms with Crippen molar-refractivity contribution in [3.63, 3.8) is 0 Å². The standard InChI is InChI=1S/C24H28F3N5O3S2/c1-28-22-18-4-2-3-5-19(18)31-23(32-22)29-13-15-6-8-16(9-7-15)14-30-37(33,34)21-11-10-17(36)12-20(21)35-24(25,26)27/h2-5,10-12,15-16,30,36H,6-9,13-14H2,1H3,(H2,28,29,31,32). The first kappa shape index (κ1) is 27.3. The second kappa shape index (κ2) is 11.3. The summed E-state index contributed by atoms with van der Waals surface area (Å²) >= 11 is 3.98. The molecule has 0 bridgehead atoms. The van der Waals surface area contributed by atoms with Gasteiger partial charge in [-0.25, -0.2) is 18.1 Å². The molecule has 1 aliphatic rings. The van der Waals surface area contributed by atoms with Crippen LogP contribution in [0.15, 0.2) is 52.3 Å². The second-order valence-corrected chi connectivity index (χ2v) is 11.2. The Labute approximate surface area is 218 Å². The number of para-hydroxylation sites is 1. The van der Waals surface area contributed by atoms with Gasteiger partial charge in [0, 0.05) is 30.4 Å². The zero-order valence-electron chi connectivity index (χ0n) is 20.0. The Morgan fingerprint density at radius 3 is 2.38 bits per heavy atom. The molecule has 1 saturated carbocycles. The van der Waals surface area contributed by atoms with Crippen molar-refractivity contribution in [2.45, 2.75) is 41.8 Å². The van der Waals surface area contributed by atoms with Gasteiger partial charge in [-0.15, -0.1) is 25.8 Å². The lowest BCUT2D eigenvalue weighted by atomic mass is 9.82. The highest BCUT2D eigenvalue weighted by Gasteiger charge is 2.34. The van der Waals surface area contributed by atoms with Gasteiger partial charge in [0.15, 0.2) is 5.75 Å². The van der Waals surface area contributed by atoms with E-state index >= 15 is 0 Å². The smallest absolute Gasteiger partial charge is 0.404 e. The predicted molar refractivity (Wildman–Crippen MR) is 139 cm³/mol. The van der Waals surface area contributed by atoms with E-state index in [1.54, 1.807) is 0 Å². The fourth-order valence-corrected chi connectivity index (χ4v) is 5.87. The number of nitrogens with one attached hydrogen (secondary N) is 3. The second-order valence-electron chi connectivity index (χ2n) is 8.96. The van der Waals surface area contributed by atoms with Crippen molar-refractivity contribution in [1.82, 2.24) is 14.7 Å². The first-order valence-electron chi connectivity index (χ1n) is 11.8. The van der Waals surface area contributed by atoms with E-state index in [0.29, 0.717) is 18.4 Å². The van der Waals surface area contributed by atoms with Crippen LogP contribution in [0.1, 0.15) is 25.7 Å². The summed E-state index contributed by atoms with van der Waals surface area (Å²) in [5.74, 6) is 0.934. The van der Waals surface area contributed by atoms with Crippen LogP contribution in [0.4, 0.5) is 24.9 Å². The summed E-state index contributed by atoms with van der Waals surface area (Å²) in [6, 6.07) is 11.0. The number of aromatic nitrogens is 2. The normalized spacial score (nSPS) is 18.5. The number of anilines is 2. The van der Waals surface area contributed by atoms with Crippen LogP contribution in [0.25, 0.3) is 10.9 Å². The molecule has 1 heterocycles. The number of nitrogens with zero attached hydrogens (tertiary/aromatic N) is 2. The number of sulfonamides is 1. The minimum atomic E-state index is -5.02. The fourth-order valence-electron chi connectivity index (χ4n) is 4.45. The first-order chi connectivity index (χ1) is 17.5. The zero-order chi connectivity index (χ0) is 26.6. The predicted octanol–water partition coefficient (Wildman–Crippen LogP) is 5.06. The third-order valence-electron chi connectivity index (χ3n) is 6.36. The number of hydrogen-bond donors (Lipinski definition) is 4. The molecule has 0 amide bonds. The Bertz CT molecular complexity index is 1350. The van der Waals surface area contributed by atoms with Crippen LogP contribution in [0.3, 0.4) is 0 Å². The van der Waals surface area contributed by atoms with Crippen LogP contribution in [-0.4, -0.2) is 44.9 Å². The molecular formula is C24H28F3N5O3S2. The van der Waals surface area contributed by atoms with Crippen LogP contribution in [0.5, 0.6) is 5.75 Å². The summed E-state index contributed by atoms with van der Waals surface area (Å²) in [5, 5.41) is 7.35. The zero-order valence-corrected chi connectivity index (χ0v) is 21.8. The van der Waals surface area contributed by atoms with Crippen molar-refractivity contribution in [3.05, 3.63) is 42.5 Å². The highest BCUT2D eigenvalue weighted by Crippen LogP contribution is 2.33. The van der Waals surface area contributed by atoms with Gasteiger partial charge in [-0.2, -0.15) is 4.98 Å². The number of alkyl halides is 3. The lowest BCUT2D eigenvalue weighted by Crippen LogP contribution is -2.33. The lowest BCUT2D eigenvalue weighted by molar-refractivity contribution is -0.275. The van der Waals surface area contributed by atoms with Crippen LogP contribution in [0, 0.1) is 11.8 Å². The molecule has 8 nitrogen and oxygen atoms in total. The molecule has 13 heteroatoms. The third kappa shape index (κ3) is 7.17. The molecule has 0 unspecified atom stereocenters. The van der Waals surface area contributed by atoms with Gasteiger partial charge in [0.2, 0.25) is 16.0 Å². The molecule has 1 fully saturated rings. The molecule has 1 aliphatic carbocycles. The molecule has 3 N–H and O–H groups in total. The molecule has 4 rings (SSSR count). The molecule has 2 aromatic carbocycles. The number of rotatable bonds is 9. The van der Waals surface area contributed by atoms with Crippen LogP contribution in [0.2, 0.25) is 0 Å². The summed E-state index contributed by atoms with van der Waals surface area (Å²) in [6.07, 6.45) is -1.69. The number of benzene rings is 2. The summed E-state index contributed by atoms with van der Waals surface area (Å²) in [4.78, 5) is 8.70. The molecule has 1 aromatic heterocycles. The highest BCUT2D eigenvalue weighted by molar-refractivity contribution is 7.89. The monoisotopic (exact) mass is 555 g/mol. The molecule has 0 spiro atoms. The van der Waals surface area contributed by atoms with Gasteiger partial charge in [0.1, 0.15) is 10.7 Å². The summed E-state index contributed by atoms with van der Waals surface area (Å²) in [6.45, 7) is 0.823. The first-order valence-corrected chi connectivity index (χ1v) is 13.7. The van der Waals surface area contributed by atoms with Crippen LogP contribution < -0.4 is 20.1 Å². The average Bonchev–Trinajstić information content (AvgIpc) is 2.85. The lowest BCUT2D eigenvalue weighted by Gasteiger charge is -2.28. The quantitative estimate of drug-likeness (QED) is 0.274. The Kier molecular flexibility index (Phi) is 8.34. The van der Waals surface area contributed by atoms with Crippen LogP contribution >= 0.6 is 12.6 Å². The van der Waals surface area contributed by atoms with Crippen molar-refractivity contribution in [3.8, 4) is 5.75 Å². The number of ether oxygens (including phenoxy) is 1. The van der Waals surface area contributed by atoms with E-state index in [-0.39, 0.29) is 17.4 Å². The van der Waals surface area contributed by atoms with Gasteiger partial charge < -0.3 is 15.4 Å². The molecule has 3 aromatic rings. The SMILES string of the molecule is CNc1nc(NCC2CCC(CNS(=O)(=O)c3ccc(S)cc3OC(F)(F)F)CC2)nc2ccccc12. The number of hydrogen-bond acceptors (Lipinski definition) is 8. The number of halogens is 3. The summed E-state index contributed by atoms with van der Waals surface area (Å²) in [5.41, 5.74) is 0.841. The Morgan fingerprint density at radius 1 is 1.03 bits per heavy atom. The maximum absolute atomic E-state index is 12.8. The topological polar surface area (TPSA) is 105 Å². The largest absolute Gasteiger partial charge is 0.573 e. The Morgan fingerprint density at radius 2 is 1.70 bits per heavy atom. The summed E-state index contributed by atoms with van der Waals surface area (Å²) in [7, 11) is -2.39. The van der Waals surface area contributed by atoms with Crippen molar-refractivity contribution in [1.29, 1.82) is 0 Å². The van der Waals surface area contributed by atoms with E-state index in [2.05, 4.69) is 42.7 Å². The van der Waals surface area contributed by atoms with Crippen molar-refractivity contribution in [2.75, 3.05) is 30.8 Å². The minimum absolute atomic E-state index is 0.0787. The molecule has 0 radical (unpaired) electrons.